The van der Waals surface area contributed by atoms with Gasteiger partial charge in [0.15, 0.2) is 6.61 Å². The van der Waals surface area contributed by atoms with E-state index in [1.54, 1.807) is 12.0 Å². The molecule has 11 heteroatoms. The zero-order chi connectivity index (χ0) is 33.0. The minimum Gasteiger partial charge on any atom is -0.496 e. The normalized spacial score (nSPS) is 17.6. The lowest BCUT2D eigenvalue weighted by Crippen LogP contribution is -2.46. The highest BCUT2D eigenvalue weighted by atomic mass is 16.5. The third kappa shape index (κ3) is 9.15. The van der Waals surface area contributed by atoms with Crippen LogP contribution in [0.25, 0.3) is 0 Å². The van der Waals surface area contributed by atoms with Gasteiger partial charge in [-0.25, -0.2) is 4.79 Å². The fraction of sp³-hybridized carbons (Fsp3) is 0.444. The van der Waals surface area contributed by atoms with E-state index in [9.17, 15) is 14.7 Å². The van der Waals surface area contributed by atoms with E-state index >= 15 is 0 Å². The largest absolute Gasteiger partial charge is 0.496 e. The zero-order valence-electron chi connectivity index (χ0n) is 27.0. The summed E-state index contributed by atoms with van der Waals surface area (Å²) in [5.41, 5.74) is 9.35. The number of likely N-dealkylation sites (tertiary alicyclic amines) is 1. The summed E-state index contributed by atoms with van der Waals surface area (Å²) >= 11 is 0. The van der Waals surface area contributed by atoms with Crippen molar-refractivity contribution >= 4 is 17.7 Å². The third-order valence-electron chi connectivity index (χ3n) is 8.56. The molecular formula is C36H45N3O8. The van der Waals surface area contributed by atoms with Crippen molar-refractivity contribution in [1.82, 2.24) is 4.90 Å². The highest BCUT2D eigenvalue weighted by Crippen LogP contribution is 2.35. The van der Waals surface area contributed by atoms with Crippen molar-refractivity contribution in [3.8, 4) is 17.2 Å². The molecule has 1 saturated heterocycles. The second kappa shape index (κ2) is 17.0. The smallest absolute Gasteiger partial charge is 0.407 e. The molecule has 3 aromatic rings. The van der Waals surface area contributed by atoms with E-state index in [2.05, 4.69) is 0 Å². The van der Waals surface area contributed by atoms with Crippen LogP contribution in [0.4, 0.5) is 10.5 Å². The number of rotatable bonds is 16. The summed E-state index contributed by atoms with van der Waals surface area (Å²) in [6.45, 7) is 3.72. The molecule has 0 saturated carbocycles. The quantitative estimate of drug-likeness (QED) is 0.201. The molecule has 1 fully saturated rings. The molecule has 2 amide bonds. The van der Waals surface area contributed by atoms with Gasteiger partial charge in [0.25, 0.3) is 5.91 Å². The zero-order valence-corrected chi connectivity index (χ0v) is 27.0. The molecule has 2 aliphatic rings. The number of anilines is 1. The molecular weight excluding hydrogens is 602 g/mol. The van der Waals surface area contributed by atoms with Crippen LogP contribution in [0.2, 0.25) is 0 Å². The number of methoxy groups -OCH3 is 1. The number of unbranched alkanes of at least 4 members (excludes halogenated alkanes) is 1. The Labute approximate surface area is 276 Å². The number of hydrogen-bond donors (Lipinski definition) is 2. The molecule has 0 aromatic heterocycles. The Bertz CT molecular complexity index is 1470. The summed E-state index contributed by atoms with van der Waals surface area (Å²) in [4.78, 5) is 27.6. The average Bonchev–Trinajstić information content (AvgIpc) is 3.10. The van der Waals surface area contributed by atoms with Crippen molar-refractivity contribution in [2.24, 2.45) is 5.73 Å². The molecule has 3 N–H and O–H groups in total. The van der Waals surface area contributed by atoms with Crippen LogP contribution < -0.4 is 24.8 Å². The van der Waals surface area contributed by atoms with Gasteiger partial charge in [-0.1, -0.05) is 36.4 Å². The Balaban J connectivity index is 1.16. The van der Waals surface area contributed by atoms with Gasteiger partial charge in [0.2, 0.25) is 0 Å². The van der Waals surface area contributed by atoms with Crippen LogP contribution in [-0.4, -0.2) is 81.2 Å². The van der Waals surface area contributed by atoms with Crippen LogP contribution in [0.3, 0.4) is 0 Å². The fourth-order valence-corrected chi connectivity index (χ4v) is 6.01. The highest BCUT2D eigenvalue weighted by Gasteiger charge is 2.33. The number of nitrogens with zero attached hydrogens (tertiary/aromatic N) is 2. The van der Waals surface area contributed by atoms with E-state index < -0.39 is 6.09 Å². The van der Waals surface area contributed by atoms with Crippen LogP contribution in [0.5, 0.6) is 17.2 Å². The van der Waals surface area contributed by atoms with Crippen LogP contribution in [0.15, 0.2) is 66.7 Å². The first-order chi connectivity index (χ1) is 23.0. The minimum absolute atomic E-state index is 0.0123. The topological polar surface area (TPSA) is 133 Å². The SMILES string of the molecule is COc1ccccc1COCCCOc1ccc(C2CCN(C(=O)O)CC2OCc2ccc3c(c2)N(CCCCN)C(=O)CO3)cc1. The van der Waals surface area contributed by atoms with Gasteiger partial charge < -0.3 is 44.3 Å². The summed E-state index contributed by atoms with van der Waals surface area (Å²) < 4.78 is 29.2. The van der Waals surface area contributed by atoms with Crippen molar-refractivity contribution < 1.29 is 38.4 Å². The number of fused-ring (bicyclic) bond motifs is 1. The van der Waals surface area contributed by atoms with Gasteiger partial charge in [-0.3, -0.25) is 4.79 Å². The number of hydrogen-bond acceptors (Lipinski definition) is 8. The summed E-state index contributed by atoms with van der Waals surface area (Å²) in [6.07, 6.45) is 1.73. The predicted molar refractivity (Wildman–Crippen MR) is 177 cm³/mol. The van der Waals surface area contributed by atoms with Crippen molar-refractivity contribution in [3.05, 3.63) is 83.4 Å². The third-order valence-corrected chi connectivity index (χ3v) is 8.56. The predicted octanol–water partition coefficient (Wildman–Crippen LogP) is 5.20. The number of ether oxygens (including phenoxy) is 5. The molecule has 3 aromatic carbocycles. The van der Waals surface area contributed by atoms with Gasteiger partial charge >= 0.3 is 6.09 Å². The van der Waals surface area contributed by atoms with E-state index in [4.69, 9.17) is 29.4 Å². The maximum Gasteiger partial charge on any atom is 0.407 e. The standard InChI is InChI=1S/C36H45N3O8/c1-43-32-8-3-2-7-28(32)24-44-19-6-20-45-29-12-10-27(11-13-29)30-15-18-38(36(41)42)22-34(30)46-23-26-9-14-33-31(21-26)39(17-5-4-16-37)35(40)25-47-33/h2-3,7-14,21,30,34H,4-6,15-20,22-25,37H2,1H3,(H,41,42). The first kappa shape index (κ1) is 34.0. The van der Waals surface area contributed by atoms with Crippen molar-refractivity contribution in [3.63, 3.8) is 0 Å². The maximum absolute atomic E-state index is 12.6. The van der Waals surface area contributed by atoms with Gasteiger partial charge in [0, 0.05) is 31.0 Å². The first-order valence-corrected chi connectivity index (χ1v) is 16.2. The van der Waals surface area contributed by atoms with Crippen molar-refractivity contribution in [2.45, 2.75) is 50.9 Å². The Morgan fingerprint density at radius 1 is 1.02 bits per heavy atom. The van der Waals surface area contributed by atoms with Gasteiger partial charge in [-0.05, 0) is 67.3 Å². The van der Waals surface area contributed by atoms with E-state index in [1.165, 1.54) is 4.90 Å². The number of amides is 2. The Hall–Kier alpha value is -4.32. The van der Waals surface area contributed by atoms with E-state index in [1.807, 2.05) is 66.7 Å². The van der Waals surface area contributed by atoms with E-state index in [0.29, 0.717) is 51.6 Å². The molecule has 0 radical (unpaired) electrons. The van der Waals surface area contributed by atoms with Crippen LogP contribution in [0.1, 0.15) is 48.3 Å². The Morgan fingerprint density at radius 2 is 1.85 bits per heavy atom. The Morgan fingerprint density at radius 3 is 2.64 bits per heavy atom. The molecule has 2 heterocycles. The molecule has 2 unspecified atom stereocenters. The number of carbonyl (C=O) groups excluding carboxylic acids is 1. The molecule has 0 bridgehead atoms. The molecule has 47 heavy (non-hydrogen) atoms. The molecule has 2 atom stereocenters. The number of nitrogens with two attached hydrogens (primary N) is 1. The number of carboxylic acid groups (broad SMARTS) is 1. The first-order valence-electron chi connectivity index (χ1n) is 16.2. The van der Waals surface area contributed by atoms with Gasteiger partial charge in [-0.2, -0.15) is 0 Å². The van der Waals surface area contributed by atoms with Crippen molar-refractivity contribution in [1.29, 1.82) is 0 Å². The molecule has 0 aliphatic carbocycles. The molecule has 11 nitrogen and oxygen atoms in total. The van der Waals surface area contributed by atoms with Crippen LogP contribution >= 0.6 is 0 Å². The Kier molecular flexibility index (Phi) is 12.3. The van der Waals surface area contributed by atoms with E-state index in [-0.39, 0.29) is 37.7 Å². The average molecular weight is 648 g/mol. The minimum atomic E-state index is -0.953. The van der Waals surface area contributed by atoms with Gasteiger partial charge in [0.05, 0.1) is 51.9 Å². The van der Waals surface area contributed by atoms with Gasteiger partial charge in [-0.15, -0.1) is 0 Å². The van der Waals surface area contributed by atoms with E-state index in [0.717, 1.165) is 53.1 Å². The van der Waals surface area contributed by atoms with Crippen LogP contribution in [-0.2, 0) is 27.5 Å². The lowest BCUT2D eigenvalue weighted by atomic mass is 9.87. The summed E-state index contributed by atoms with van der Waals surface area (Å²) in [7, 11) is 1.65. The lowest BCUT2D eigenvalue weighted by molar-refractivity contribution is -0.121. The second-order valence-corrected chi connectivity index (χ2v) is 11.7. The molecule has 5 rings (SSSR count). The maximum atomic E-state index is 12.6. The molecule has 252 valence electrons. The summed E-state index contributed by atoms with van der Waals surface area (Å²) in [5.74, 6) is 2.18. The number of benzene rings is 3. The summed E-state index contributed by atoms with van der Waals surface area (Å²) in [6, 6.07) is 21.5. The lowest BCUT2D eigenvalue weighted by Gasteiger charge is -2.37. The highest BCUT2D eigenvalue weighted by molar-refractivity contribution is 5.97. The van der Waals surface area contributed by atoms with Crippen molar-refractivity contribution in [2.75, 3.05) is 58.0 Å². The second-order valence-electron chi connectivity index (χ2n) is 11.7. The fourth-order valence-electron chi connectivity index (χ4n) is 6.01. The van der Waals surface area contributed by atoms with Crippen LogP contribution in [0, 0.1) is 0 Å². The monoisotopic (exact) mass is 647 g/mol. The summed E-state index contributed by atoms with van der Waals surface area (Å²) in [5, 5.41) is 9.71. The number of para-hydroxylation sites is 1. The van der Waals surface area contributed by atoms with Gasteiger partial charge in [0.1, 0.15) is 17.2 Å². The number of piperidine rings is 1. The molecule has 2 aliphatic heterocycles. The molecule has 0 spiro atoms. The number of carbonyl (C=O) groups is 2.